The Balaban J connectivity index is 1.85. The van der Waals surface area contributed by atoms with Gasteiger partial charge in [0.1, 0.15) is 5.15 Å². The van der Waals surface area contributed by atoms with Gasteiger partial charge in [0.15, 0.2) is 0 Å². The van der Waals surface area contributed by atoms with E-state index in [9.17, 15) is 4.79 Å². The van der Waals surface area contributed by atoms with Gasteiger partial charge in [-0.2, -0.15) is 16.9 Å². The molecule has 19 heavy (non-hydrogen) atoms. The third kappa shape index (κ3) is 3.45. The minimum Gasteiger partial charge on any atom is -0.469 e. The first-order valence-electron chi connectivity index (χ1n) is 6.30. The lowest BCUT2D eigenvalue weighted by molar-refractivity contribution is -0.141. The van der Waals surface area contributed by atoms with E-state index >= 15 is 0 Å². The lowest BCUT2D eigenvalue weighted by atomic mass is 10.1. The maximum absolute atomic E-state index is 11.3. The standard InChI is InChI=1S/C13H19ClN2O2S/c1-9-10(12(14)16(2)15-9)7-19-8-13(4-5-13)6-11(17)18-3/h4-8H2,1-3H3. The molecule has 0 N–H and O–H groups in total. The Morgan fingerprint density at radius 2 is 2.26 bits per heavy atom. The molecule has 2 rings (SSSR count). The molecule has 0 aromatic carbocycles. The first kappa shape index (κ1) is 14.7. The molecule has 0 aliphatic heterocycles. The molecule has 1 fully saturated rings. The number of hydrogen-bond acceptors (Lipinski definition) is 4. The SMILES string of the molecule is COC(=O)CC1(CSCc2c(C)nn(C)c2Cl)CC1. The smallest absolute Gasteiger partial charge is 0.306 e. The molecule has 4 nitrogen and oxygen atoms in total. The van der Waals surface area contributed by atoms with Crippen molar-refractivity contribution < 1.29 is 9.53 Å². The van der Waals surface area contributed by atoms with Crippen molar-refractivity contribution in [3.63, 3.8) is 0 Å². The van der Waals surface area contributed by atoms with Crippen LogP contribution in [0, 0.1) is 12.3 Å². The molecule has 1 aromatic heterocycles. The molecule has 1 heterocycles. The average Bonchev–Trinajstić information content (AvgIpc) is 3.08. The Kier molecular flexibility index (Phi) is 4.46. The minimum absolute atomic E-state index is 0.103. The van der Waals surface area contributed by atoms with E-state index < -0.39 is 0 Å². The zero-order valence-corrected chi connectivity index (χ0v) is 13.1. The fourth-order valence-electron chi connectivity index (χ4n) is 2.13. The third-order valence-electron chi connectivity index (χ3n) is 3.63. The molecule has 0 spiro atoms. The van der Waals surface area contributed by atoms with Crippen molar-refractivity contribution >= 4 is 29.3 Å². The number of thioether (sulfide) groups is 1. The highest BCUT2D eigenvalue weighted by Crippen LogP contribution is 2.51. The fourth-order valence-corrected chi connectivity index (χ4v) is 3.93. The van der Waals surface area contributed by atoms with Crippen molar-refractivity contribution in [3.8, 4) is 0 Å². The summed E-state index contributed by atoms with van der Waals surface area (Å²) in [6, 6.07) is 0. The van der Waals surface area contributed by atoms with Gasteiger partial charge in [0.25, 0.3) is 0 Å². The Morgan fingerprint density at radius 3 is 2.74 bits per heavy atom. The van der Waals surface area contributed by atoms with E-state index in [0.29, 0.717) is 11.6 Å². The number of hydrogen-bond donors (Lipinski definition) is 0. The second-order valence-electron chi connectivity index (χ2n) is 5.22. The molecular formula is C13H19ClN2O2S. The molecule has 0 saturated heterocycles. The second-order valence-corrected chi connectivity index (χ2v) is 6.57. The van der Waals surface area contributed by atoms with Gasteiger partial charge in [0, 0.05) is 18.4 Å². The van der Waals surface area contributed by atoms with Crippen LogP contribution < -0.4 is 0 Å². The first-order chi connectivity index (χ1) is 8.97. The van der Waals surface area contributed by atoms with E-state index in [-0.39, 0.29) is 11.4 Å². The first-order valence-corrected chi connectivity index (χ1v) is 7.83. The molecular weight excluding hydrogens is 284 g/mol. The van der Waals surface area contributed by atoms with Gasteiger partial charge in [0.05, 0.1) is 19.2 Å². The highest BCUT2D eigenvalue weighted by Gasteiger charge is 2.44. The highest BCUT2D eigenvalue weighted by molar-refractivity contribution is 7.98. The fraction of sp³-hybridized carbons (Fsp3) is 0.692. The zero-order chi connectivity index (χ0) is 14.0. The molecule has 0 bridgehead atoms. The Morgan fingerprint density at radius 1 is 1.58 bits per heavy atom. The van der Waals surface area contributed by atoms with Gasteiger partial charge in [-0.15, -0.1) is 0 Å². The van der Waals surface area contributed by atoms with Crippen LogP contribution >= 0.6 is 23.4 Å². The number of esters is 1. The van der Waals surface area contributed by atoms with E-state index in [2.05, 4.69) is 5.10 Å². The molecule has 1 aliphatic rings. The molecule has 1 saturated carbocycles. The average molecular weight is 303 g/mol. The topological polar surface area (TPSA) is 44.1 Å². The van der Waals surface area contributed by atoms with Crippen molar-refractivity contribution in [3.05, 3.63) is 16.4 Å². The zero-order valence-electron chi connectivity index (χ0n) is 11.5. The Labute approximate surface area is 122 Å². The van der Waals surface area contributed by atoms with Gasteiger partial charge < -0.3 is 4.74 Å². The Hall–Kier alpha value is -0.680. The van der Waals surface area contributed by atoms with Crippen LogP contribution in [0.3, 0.4) is 0 Å². The van der Waals surface area contributed by atoms with Gasteiger partial charge in [-0.25, -0.2) is 0 Å². The summed E-state index contributed by atoms with van der Waals surface area (Å²) in [6.07, 6.45) is 2.78. The van der Waals surface area contributed by atoms with Crippen LogP contribution in [0.5, 0.6) is 0 Å². The van der Waals surface area contributed by atoms with Crippen LogP contribution in [0.15, 0.2) is 0 Å². The van der Waals surface area contributed by atoms with Gasteiger partial charge in [-0.1, -0.05) is 11.6 Å². The lowest BCUT2D eigenvalue weighted by Gasteiger charge is -2.12. The molecule has 6 heteroatoms. The van der Waals surface area contributed by atoms with E-state index in [0.717, 1.165) is 35.6 Å². The quantitative estimate of drug-likeness (QED) is 0.758. The maximum atomic E-state index is 11.3. The molecule has 0 atom stereocenters. The highest BCUT2D eigenvalue weighted by atomic mass is 35.5. The summed E-state index contributed by atoms with van der Waals surface area (Å²) in [6.45, 7) is 1.98. The summed E-state index contributed by atoms with van der Waals surface area (Å²) in [5.74, 6) is 1.72. The van der Waals surface area contributed by atoms with E-state index in [4.69, 9.17) is 16.3 Å². The van der Waals surface area contributed by atoms with Crippen LogP contribution in [0.4, 0.5) is 0 Å². The van der Waals surface area contributed by atoms with Crippen LogP contribution in [0.1, 0.15) is 30.5 Å². The normalized spacial score (nSPS) is 16.4. The number of methoxy groups -OCH3 is 1. The summed E-state index contributed by atoms with van der Waals surface area (Å²) < 4.78 is 6.45. The van der Waals surface area contributed by atoms with Crippen LogP contribution in [0.2, 0.25) is 5.15 Å². The summed E-state index contributed by atoms with van der Waals surface area (Å²) in [4.78, 5) is 11.3. The summed E-state index contributed by atoms with van der Waals surface area (Å²) in [5.41, 5.74) is 2.25. The van der Waals surface area contributed by atoms with Crippen molar-refractivity contribution in [2.24, 2.45) is 12.5 Å². The molecule has 1 aliphatic carbocycles. The number of carbonyl (C=O) groups is 1. The summed E-state index contributed by atoms with van der Waals surface area (Å²) in [5, 5.41) is 5.01. The predicted molar refractivity (Wildman–Crippen MR) is 77.4 cm³/mol. The predicted octanol–water partition coefficient (Wildman–Crippen LogP) is 2.96. The number of carbonyl (C=O) groups excluding carboxylic acids is 1. The second kappa shape index (κ2) is 5.75. The molecule has 1 aromatic rings. The van der Waals surface area contributed by atoms with Gasteiger partial charge in [-0.05, 0) is 30.9 Å². The van der Waals surface area contributed by atoms with Crippen LogP contribution in [-0.4, -0.2) is 28.6 Å². The number of aromatic nitrogens is 2. The van der Waals surface area contributed by atoms with Crippen molar-refractivity contribution in [1.29, 1.82) is 0 Å². The van der Waals surface area contributed by atoms with Crippen LogP contribution in [0.25, 0.3) is 0 Å². The van der Waals surface area contributed by atoms with E-state index in [1.165, 1.54) is 7.11 Å². The number of rotatable bonds is 6. The number of ether oxygens (including phenoxy) is 1. The molecule has 0 amide bonds. The van der Waals surface area contributed by atoms with Crippen molar-refractivity contribution in [1.82, 2.24) is 9.78 Å². The largest absolute Gasteiger partial charge is 0.469 e. The third-order valence-corrected chi connectivity index (χ3v) is 5.41. The van der Waals surface area contributed by atoms with Gasteiger partial charge in [-0.3, -0.25) is 9.48 Å². The summed E-state index contributed by atoms with van der Waals surface area (Å²) >= 11 is 8.02. The van der Waals surface area contributed by atoms with E-state index in [1.54, 1.807) is 4.68 Å². The monoisotopic (exact) mass is 302 g/mol. The lowest BCUT2D eigenvalue weighted by Crippen LogP contribution is -2.13. The number of halogens is 1. The van der Waals surface area contributed by atoms with Crippen molar-refractivity contribution in [2.45, 2.75) is 31.9 Å². The van der Waals surface area contributed by atoms with Gasteiger partial charge in [0.2, 0.25) is 0 Å². The minimum atomic E-state index is -0.103. The molecule has 106 valence electrons. The Bertz CT molecular complexity index is 483. The molecule has 0 unspecified atom stereocenters. The number of nitrogens with zero attached hydrogens (tertiary/aromatic N) is 2. The number of aryl methyl sites for hydroxylation is 2. The van der Waals surface area contributed by atoms with Crippen LogP contribution in [-0.2, 0) is 22.3 Å². The van der Waals surface area contributed by atoms with Gasteiger partial charge >= 0.3 is 5.97 Å². The maximum Gasteiger partial charge on any atom is 0.306 e. The van der Waals surface area contributed by atoms with Crippen molar-refractivity contribution in [2.75, 3.05) is 12.9 Å². The summed E-state index contributed by atoms with van der Waals surface area (Å²) in [7, 11) is 3.30. The molecule has 0 radical (unpaired) electrons. The van der Waals surface area contributed by atoms with E-state index in [1.807, 2.05) is 25.7 Å².